The molecule has 0 spiro atoms. The van der Waals surface area contributed by atoms with Crippen LogP contribution in [-0.2, 0) is 23.7 Å². The number of halogens is 2. The number of sulfonamides is 1. The van der Waals surface area contributed by atoms with Gasteiger partial charge in [0.1, 0.15) is 12.5 Å². The molecule has 3 aromatic rings. The largest absolute Gasteiger partial charge is 0.350 e. The molecule has 0 atom stereocenters. The van der Waals surface area contributed by atoms with Crippen molar-refractivity contribution in [3.05, 3.63) is 59.5 Å². The van der Waals surface area contributed by atoms with Gasteiger partial charge in [-0.25, -0.2) is 21.9 Å². The summed E-state index contributed by atoms with van der Waals surface area (Å²) in [6.07, 6.45) is 2.80. The lowest BCUT2D eigenvalue weighted by Crippen LogP contribution is -2.33. The fraction of sp³-hybridized carbons (Fsp3) is 0.250. The van der Waals surface area contributed by atoms with E-state index in [4.69, 9.17) is 0 Å². The van der Waals surface area contributed by atoms with E-state index in [0.717, 1.165) is 11.1 Å². The number of rotatable bonds is 5. The molecule has 0 saturated heterocycles. The number of hydrogen-bond donors (Lipinski definition) is 1. The van der Waals surface area contributed by atoms with Gasteiger partial charge in [-0.2, -0.15) is 0 Å². The molecular weight excluding hydrogens is 386 g/mol. The standard InChI is InChI=1S/C20H18F2N2O3S/c1-24-11-17(13-4-2-12(10-21)3-5-13)15-8-18(22)16(9-19(15)24)20(25)23-28(26,27)14-6-7-14/h2-5,8-9,11,14H,6-7,10H2,1H3,(H,23,25). The third kappa shape index (κ3) is 3.28. The van der Waals surface area contributed by atoms with E-state index in [1.54, 1.807) is 42.1 Å². The Morgan fingerprint density at radius 1 is 1.21 bits per heavy atom. The minimum absolute atomic E-state index is 0.322. The van der Waals surface area contributed by atoms with Crippen molar-refractivity contribution in [2.45, 2.75) is 24.8 Å². The van der Waals surface area contributed by atoms with Crippen LogP contribution in [0.1, 0.15) is 28.8 Å². The Morgan fingerprint density at radius 2 is 1.89 bits per heavy atom. The van der Waals surface area contributed by atoms with E-state index in [0.29, 0.717) is 29.3 Å². The lowest BCUT2D eigenvalue weighted by atomic mass is 10.0. The Morgan fingerprint density at radius 3 is 2.50 bits per heavy atom. The van der Waals surface area contributed by atoms with Gasteiger partial charge in [-0.15, -0.1) is 0 Å². The fourth-order valence-corrected chi connectivity index (χ4v) is 4.52. The molecule has 1 aromatic heterocycles. The average Bonchev–Trinajstić information content (AvgIpc) is 3.47. The number of fused-ring (bicyclic) bond motifs is 1. The molecule has 0 bridgehead atoms. The fourth-order valence-electron chi connectivity index (χ4n) is 3.23. The Balaban J connectivity index is 1.75. The molecule has 1 aliphatic carbocycles. The Kier molecular flexibility index (Phi) is 4.45. The second-order valence-corrected chi connectivity index (χ2v) is 8.97. The van der Waals surface area contributed by atoms with E-state index < -0.39 is 33.7 Å². The van der Waals surface area contributed by atoms with Gasteiger partial charge in [-0.3, -0.25) is 4.79 Å². The number of benzene rings is 2. The van der Waals surface area contributed by atoms with Crippen molar-refractivity contribution in [1.82, 2.24) is 9.29 Å². The van der Waals surface area contributed by atoms with Crippen molar-refractivity contribution < 1.29 is 22.0 Å². The van der Waals surface area contributed by atoms with Crippen LogP contribution in [0.3, 0.4) is 0 Å². The van der Waals surface area contributed by atoms with E-state index in [1.165, 1.54) is 12.1 Å². The number of carbonyl (C=O) groups excluding carboxylic acids is 1. The van der Waals surface area contributed by atoms with Gasteiger partial charge in [-0.1, -0.05) is 24.3 Å². The van der Waals surface area contributed by atoms with E-state index in [1.807, 2.05) is 4.72 Å². The summed E-state index contributed by atoms with van der Waals surface area (Å²) in [5.41, 5.74) is 2.33. The highest BCUT2D eigenvalue weighted by atomic mass is 32.2. The predicted molar refractivity (Wildman–Crippen MR) is 103 cm³/mol. The van der Waals surface area contributed by atoms with Crippen molar-refractivity contribution in [2.75, 3.05) is 0 Å². The van der Waals surface area contributed by atoms with Crippen LogP contribution in [0, 0.1) is 5.82 Å². The highest BCUT2D eigenvalue weighted by Crippen LogP contribution is 2.33. The smallest absolute Gasteiger partial charge is 0.267 e. The predicted octanol–water partition coefficient (Wildman–Crippen LogP) is 3.68. The van der Waals surface area contributed by atoms with Crippen LogP contribution in [0.4, 0.5) is 8.78 Å². The lowest BCUT2D eigenvalue weighted by molar-refractivity contribution is 0.0977. The van der Waals surface area contributed by atoms with Gasteiger partial charge in [0, 0.05) is 29.7 Å². The lowest BCUT2D eigenvalue weighted by Gasteiger charge is -2.08. The molecule has 4 rings (SSSR count). The Hall–Kier alpha value is -2.74. The maximum atomic E-state index is 14.7. The molecule has 1 saturated carbocycles. The van der Waals surface area contributed by atoms with Crippen molar-refractivity contribution in [3.8, 4) is 11.1 Å². The zero-order chi connectivity index (χ0) is 20.1. The number of aromatic nitrogens is 1. The molecule has 1 fully saturated rings. The first-order valence-corrected chi connectivity index (χ1v) is 10.3. The van der Waals surface area contributed by atoms with Gasteiger partial charge in [0.2, 0.25) is 10.0 Å². The number of carbonyl (C=O) groups is 1. The second kappa shape index (κ2) is 6.70. The second-order valence-electron chi connectivity index (χ2n) is 7.01. The molecule has 28 heavy (non-hydrogen) atoms. The summed E-state index contributed by atoms with van der Waals surface area (Å²) in [6.45, 7) is -0.563. The van der Waals surface area contributed by atoms with Crippen LogP contribution in [0.25, 0.3) is 22.0 Å². The third-order valence-corrected chi connectivity index (χ3v) is 6.76. The number of amides is 1. The molecule has 1 N–H and O–H groups in total. The number of alkyl halides is 1. The van der Waals surface area contributed by atoms with Crippen LogP contribution < -0.4 is 4.72 Å². The van der Waals surface area contributed by atoms with E-state index in [-0.39, 0.29) is 5.56 Å². The van der Waals surface area contributed by atoms with E-state index in [9.17, 15) is 22.0 Å². The summed E-state index contributed by atoms with van der Waals surface area (Å²) in [4.78, 5) is 12.3. The number of nitrogens with zero attached hydrogens (tertiary/aromatic N) is 1. The summed E-state index contributed by atoms with van der Waals surface area (Å²) in [5, 5.41) is 0.00627. The first-order chi connectivity index (χ1) is 13.3. The SMILES string of the molecule is Cn1cc(-c2ccc(CF)cc2)c2cc(F)c(C(=O)NS(=O)(=O)C3CC3)cc21. The molecule has 8 heteroatoms. The monoisotopic (exact) mass is 404 g/mol. The summed E-state index contributed by atoms with van der Waals surface area (Å²) in [7, 11) is -2.01. The van der Waals surface area contributed by atoms with Crippen LogP contribution in [0.15, 0.2) is 42.6 Å². The van der Waals surface area contributed by atoms with E-state index in [2.05, 4.69) is 0 Å². The van der Waals surface area contributed by atoms with E-state index >= 15 is 0 Å². The highest BCUT2D eigenvalue weighted by Gasteiger charge is 2.37. The molecule has 5 nitrogen and oxygen atoms in total. The minimum Gasteiger partial charge on any atom is -0.350 e. The molecule has 0 aliphatic heterocycles. The molecule has 0 unspecified atom stereocenters. The maximum Gasteiger partial charge on any atom is 0.267 e. The quantitative estimate of drug-likeness (QED) is 0.705. The number of aryl methyl sites for hydroxylation is 1. The molecular formula is C20H18F2N2O3S. The van der Waals surface area contributed by atoms with Crippen molar-refractivity contribution in [3.63, 3.8) is 0 Å². The zero-order valence-electron chi connectivity index (χ0n) is 15.1. The Bertz CT molecular complexity index is 1180. The normalized spacial score (nSPS) is 14.4. The molecule has 1 amide bonds. The average molecular weight is 404 g/mol. The topological polar surface area (TPSA) is 68.2 Å². The minimum atomic E-state index is -3.76. The van der Waals surface area contributed by atoms with Crippen molar-refractivity contribution in [1.29, 1.82) is 0 Å². The molecule has 2 aromatic carbocycles. The molecule has 1 aliphatic rings. The molecule has 0 radical (unpaired) electrons. The highest BCUT2D eigenvalue weighted by molar-refractivity contribution is 7.91. The first-order valence-electron chi connectivity index (χ1n) is 8.80. The van der Waals surface area contributed by atoms with Crippen LogP contribution in [-0.4, -0.2) is 24.1 Å². The third-order valence-electron chi connectivity index (χ3n) is 4.94. The number of nitrogens with one attached hydrogen (secondary N) is 1. The maximum absolute atomic E-state index is 14.7. The Labute approximate surface area is 161 Å². The van der Waals surface area contributed by atoms with Crippen LogP contribution in [0.5, 0.6) is 0 Å². The summed E-state index contributed by atoms with van der Waals surface area (Å²) >= 11 is 0. The molecule has 1 heterocycles. The summed E-state index contributed by atoms with van der Waals surface area (Å²) < 4.78 is 55.0. The van der Waals surface area contributed by atoms with Gasteiger partial charge < -0.3 is 4.57 Å². The van der Waals surface area contributed by atoms with Crippen LogP contribution in [0.2, 0.25) is 0 Å². The van der Waals surface area contributed by atoms with Gasteiger partial charge in [0.15, 0.2) is 0 Å². The van der Waals surface area contributed by atoms with Crippen molar-refractivity contribution in [2.24, 2.45) is 7.05 Å². The van der Waals surface area contributed by atoms with Crippen LogP contribution >= 0.6 is 0 Å². The number of hydrogen-bond acceptors (Lipinski definition) is 3. The van der Waals surface area contributed by atoms with Gasteiger partial charge >= 0.3 is 0 Å². The summed E-state index contributed by atoms with van der Waals surface area (Å²) in [6, 6.07) is 9.41. The zero-order valence-corrected chi connectivity index (χ0v) is 15.9. The first kappa shape index (κ1) is 18.6. The summed E-state index contributed by atoms with van der Waals surface area (Å²) in [5.74, 6) is -1.77. The van der Waals surface area contributed by atoms with Gasteiger partial charge in [0.25, 0.3) is 5.91 Å². The molecule has 146 valence electrons. The van der Waals surface area contributed by atoms with Gasteiger partial charge in [0.05, 0.1) is 10.8 Å². The van der Waals surface area contributed by atoms with Crippen molar-refractivity contribution >= 4 is 26.8 Å². The van der Waals surface area contributed by atoms with Gasteiger partial charge in [-0.05, 0) is 36.1 Å².